The van der Waals surface area contributed by atoms with Crippen LogP contribution in [0.25, 0.3) is 0 Å². The van der Waals surface area contributed by atoms with E-state index in [1.165, 1.54) is 11.1 Å². The maximum absolute atomic E-state index is 5.81. The molecule has 5 heteroatoms. The van der Waals surface area contributed by atoms with Gasteiger partial charge in [-0.3, -0.25) is 0 Å². The first-order valence-electron chi connectivity index (χ1n) is 5.68. The average molecular weight is 231 g/mol. The molecule has 1 aromatic heterocycles. The summed E-state index contributed by atoms with van der Waals surface area (Å²) in [7, 11) is 0. The lowest BCUT2D eigenvalue weighted by Gasteiger charge is -2.03. The minimum absolute atomic E-state index is 0.433. The van der Waals surface area contributed by atoms with Crippen LogP contribution in [0.1, 0.15) is 18.1 Å². The zero-order valence-corrected chi connectivity index (χ0v) is 10.1. The molecule has 0 fully saturated rings. The molecule has 5 nitrogen and oxygen atoms in total. The first kappa shape index (κ1) is 11.4. The van der Waals surface area contributed by atoms with Crippen LogP contribution in [-0.2, 0) is 6.54 Å². The first-order valence-corrected chi connectivity index (χ1v) is 5.68. The molecule has 0 radical (unpaired) electrons. The molecule has 0 amide bonds. The van der Waals surface area contributed by atoms with Gasteiger partial charge in [-0.2, -0.15) is 4.98 Å². The van der Waals surface area contributed by atoms with Crippen molar-refractivity contribution in [3.63, 3.8) is 0 Å². The zero-order valence-electron chi connectivity index (χ0n) is 10.1. The van der Waals surface area contributed by atoms with Crippen LogP contribution in [0.3, 0.4) is 0 Å². The third kappa shape index (κ3) is 2.75. The molecule has 0 unspecified atom stereocenters. The second kappa shape index (κ2) is 4.86. The smallest absolute Gasteiger partial charge is 0.243 e. The summed E-state index contributed by atoms with van der Waals surface area (Å²) < 4.78 is 1.70. The van der Waals surface area contributed by atoms with Gasteiger partial charge in [0, 0.05) is 6.54 Å². The molecule has 0 aliphatic carbocycles. The minimum atomic E-state index is 0.433. The minimum Gasteiger partial charge on any atom is -0.368 e. The molecule has 0 bridgehead atoms. The first-order chi connectivity index (χ1) is 8.19. The van der Waals surface area contributed by atoms with Crippen LogP contribution in [-0.4, -0.2) is 21.3 Å². The molecule has 0 atom stereocenters. The molecule has 1 aromatic carbocycles. The quantitative estimate of drug-likeness (QED) is 0.839. The Morgan fingerprint density at radius 1 is 1.41 bits per heavy atom. The third-order valence-corrected chi connectivity index (χ3v) is 2.45. The molecule has 0 spiro atoms. The Hall–Kier alpha value is -2.04. The number of aryl methyl sites for hydroxylation is 1. The van der Waals surface area contributed by atoms with Gasteiger partial charge in [-0.1, -0.05) is 29.8 Å². The summed E-state index contributed by atoms with van der Waals surface area (Å²) in [6, 6.07) is 8.27. The standard InChI is InChI=1S/C12H17N5/c1-3-14-12-15-11(13)17(16-12)8-10-6-4-5-9(2)7-10/h4-7H,3,8H2,1-2H3,(H3,13,14,15,16). The Morgan fingerprint density at radius 3 is 2.94 bits per heavy atom. The van der Waals surface area contributed by atoms with Crippen molar-refractivity contribution in [1.29, 1.82) is 0 Å². The van der Waals surface area contributed by atoms with Crippen molar-refractivity contribution in [2.45, 2.75) is 20.4 Å². The normalized spacial score (nSPS) is 10.5. The lowest BCUT2D eigenvalue weighted by atomic mass is 10.1. The van der Waals surface area contributed by atoms with Gasteiger partial charge >= 0.3 is 0 Å². The molecule has 2 rings (SSSR count). The van der Waals surface area contributed by atoms with E-state index >= 15 is 0 Å². The van der Waals surface area contributed by atoms with Crippen molar-refractivity contribution in [3.05, 3.63) is 35.4 Å². The van der Waals surface area contributed by atoms with Gasteiger partial charge in [0.1, 0.15) is 0 Å². The van der Waals surface area contributed by atoms with Crippen LogP contribution in [0.4, 0.5) is 11.9 Å². The predicted octanol–water partition coefficient (Wildman–Crippen LogP) is 1.65. The summed E-state index contributed by atoms with van der Waals surface area (Å²) in [5.74, 6) is 1.01. The number of hydrogen-bond donors (Lipinski definition) is 2. The van der Waals surface area contributed by atoms with E-state index in [-0.39, 0.29) is 0 Å². The van der Waals surface area contributed by atoms with Gasteiger partial charge in [0.2, 0.25) is 11.9 Å². The molecule has 2 aromatic rings. The van der Waals surface area contributed by atoms with Crippen molar-refractivity contribution in [3.8, 4) is 0 Å². The number of nitrogens with one attached hydrogen (secondary N) is 1. The largest absolute Gasteiger partial charge is 0.368 e. The fourth-order valence-corrected chi connectivity index (χ4v) is 1.69. The van der Waals surface area contributed by atoms with Crippen molar-refractivity contribution < 1.29 is 0 Å². The van der Waals surface area contributed by atoms with Gasteiger partial charge in [-0.15, -0.1) is 5.10 Å². The van der Waals surface area contributed by atoms with Crippen LogP contribution < -0.4 is 11.1 Å². The van der Waals surface area contributed by atoms with E-state index in [9.17, 15) is 0 Å². The Labute approximate surface area is 101 Å². The highest BCUT2D eigenvalue weighted by Gasteiger charge is 2.06. The lowest BCUT2D eigenvalue weighted by Crippen LogP contribution is -2.06. The second-order valence-electron chi connectivity index (χ2n) is 3.97. The summed E-state index contributed by atoms with van der Waals surface area (Å²) in [5, 5.41) is 7.34. The number of nitrogens with zero attached hydrogens (tertiary/aromatic N) is 3. The van der Waals surface area contributed by atoms with Gasteiger partial charge in [0.25, 0.3) is 0 Å². The summed E-state index contributed by atoms with van der Waals surface area (Å²) in [6.07, 6.45) is 0. The maximum atomic E-state index is 5.81. The highest BCUT2D eigenvalue weighted by molar-refractivity contribution is 5.32. The van der Waals surface area contributed by atoms with E-state index in [0.29, 0.717) is 18.4 Å². The lowest BCUT2D eigenvalue weighted by molar-refractivity contribution is 0.697. The average Bonchev–Trinajstić information content (AvgIpc) is 2.60. The Balaban J connectivity index is 2.18. The van der Waals surface area contributed by atoms with E-state index in [0.717, 1.165) is 6.54 Å². The highest BCUT2D eigenvalue weighted by Crippen LogP contribution is 2.10. The summed E-state index contributed by atoms with van der Waals surface area (Å²) in [4.78, 5) is 4.14. The number of aromatic nitrogens is 3. The summed E-state index contributed by atoms with van der Waals surface area (Å²) in [6.45, 7) is 5.50. The van der Waals surface area contributed by atoms with Gasteiger partial charge < -0.3 is 11.1 Å². The maximum Gasteiger partial charge on any atom is 0.243 e. The highest BCUT2D eigenvalue weighted by atomic mass is 15.4. The number of rotatable bonds is 4. The summed E-state index contributed by atoms with van der Waals surface area (Å²) in [5.41, 5.74) is 8.21. The molecule has 0 saturated heterocycles. The number of hydrogen-bond acceptors (Lipinski definition) is 4. The number of benzene rings is 1. The fraction of sp³-hybridized carbons (Fsp3) is 0.333. The van der Waals surface area contributed by atoms with Crippen LogP contribution in [0.5, 0.6) is 0 Å². The van der Waals surface area contributed by atoms with Crippen LogP contribution in [0, 0.1) is 6.92 Å². The van der Waals surface area contributed by atoms with Gasteiger partial charge in [0.15, 0.2) is 0 Å². The van der Waals surface area contributed by atoms with E-state index in [4.69, 9.17) is 5.73 Å². The van der Waals surface area contributed by atoms with Gasteiger partial charge in [0.05, 0.1) is 6.54 Å². The van der Waals surface area contributed by atoms with E-state index < -0.39 is 0 Å². The van der Waals surface area contributed by atoms with E-state index in [1.807, 2.05) is 13.0 Å². The third-order valence-electron chi connectivity index (χ3n) is 2.45. The molecule has 0 aliphatic rings. The van der Waals surface area contributed by atoms with E-state index in [1.54, 1.807) is 4.68 Å². The zero-order chi connectivity index (χ0) is 12.3. The number of anilines is 2. The number of nitrogens with two attached hydrogens (primary N) is 1. The van der Waals surface area contributed by atoms with Crippen LogP contribution >= 0.6 is 0 Å². The molecule has 3 N–H and O–H groups in total. The van der Waals surface area contributed by atoms with Crippen LogP contribution in [0.15, 0.2) is 24.3 Å². The van der Waals surface area contributed by atoms with Crippen molar-refractivity contribution in [2.75, 3.05) is 17.6 Å². The second-order valence-corrected chi connectivity index (χ2v) is 3.97. The van der Waals surface area contributed by atoms with Gasteiger partial charge in [-0.25, -0.2) is 4.68 Å². The Morgan fingerprint density at radius 2 is 2.24 bits per heavy atom. The SMILES string of the molecule is CCNc1nc(N)n(Cc2cccc(C)c2)n1. The van der Waals surface area contributed by atoms with Crippen molar-refractivity contribution in [2.24, 2.45) is 0 Å². The van der Waals surface area contributed by atoms with E-state index in [2.05, 4.69) is 40.5 Å². The topological polar surface area (TPSA) is 68.8 Å². The van der Waals surface area contributed by atoms with Crippen LogP contribution in [0.2, 0.25) is 0 Å². The Kier molecular flexibility index (Phi) is 3.27. The molecule has 0 saturated carbocycles. The monoisotopic (exact) mass is 231 g/mol. The Bertz CT molecular complexity index is 503. The van der Waals surface area contributed by atoms with Crippen molar-refractivity contribution >= 4 is 11.9 Å². The molecular weight excluding hydrogens is 214 g/mol. The number of nitrogen functional groups attached to an aromatic ring is 1. The van der Waals surface area contributed by atoms with Gasteiger partial charge in [-0.05, 0) is 19.4 Å². The fourth-order valence-electron chi connectivity index (χ4n) is 1.69. The molecule has 1 heterocycles. The molecule has 17 heavy (non-hydrogen) atoms. The predicted molar refractivity (Wildman–Crippen MR) is 68.9 cm³/mol. The molecule has 0 aliphatic heterocycles. The molecular formula is C12H17N5. The van der Waals surface area contributed by atoms with Crippen molar-refractivity contribution in [1.82, 2.24) is 14.8 Å². The summed E-state index contributed by atoms with van der Waals surface area (Å²) >= 11 is 0. The molecule has 90 valence electrons.